The smallest absolute Gasteiger partial charge is 0.227 e. The van der Waals surface area contributed by atoms with Crippen LogP contribution in [0.2, 0.25) is 0 Å². The van der Waals surface area contributed by atoms with Gasteiger partial charge in [0.15, 0.2) is 0 Å². The van der Waals surface area contributed by atoms with Crippen molar-refractivity contribution in [2.45, 2.75) is 26.8 Å². The highest BCUT2D eigenvalue weighted by atomic mass is 15.2. The van der Waals surface area contributed by atoms with Crippen molar-refractivity contribution in [3.63, 3.8) is 0 Å². The van der Waals surface area contributed by atoms with Crippen LogP contribution in [0, 0.1) is 6.92 Å². The minimum absolute atomic E-state index is 0.719. The molecule has 0 saturated heterocycles. The second-order valence-electron chi connectivity index (χ2n) is 6.21. The molecule has 3 aromatic rings. The second-order valence-corrected chi connectivity index (χ2v) is 6.21. The molecule has 0 saturated carbocycles. The molecule has 4 nitrogen and oxygen atoms in total. The van der Waals surface area contributed by atoms with E-state index in [1.165, 1.54) is 11.1 Å². The van der Waals surface area contributed by atoms with E-state index in [2.05, 4.69) is 63.5 Å². The van der Waals surface area contributed by atoms with Crippen molar-refractivity contribution in [2.24, 2.45) is 0 Å². The Morgan fingerprint density at radius 1 is 0.920 bits per heavy atom. The number of rotatable bonds is 6. The first kappa shape index (κ1) is 17.0. The third kappa shape index (κ3) is 4.57. The summed E-state index contributed by atoms with van der Waals surface area (Å²) in [4.78, 5) is 11.3. The lowest BCUT2D eigenvalue weighted by atomic mass is 10.1. The number of nitrogens with one attached hydrogen (secondary N) is 1. The normalized spacial score (nSPS) is 10.5. The molecule has 4 heteroatoms. The summed E-state index contributed by atoms with van der Waals surface area (Å²) < 4.78 is 0. The zero-order chi connectivity index (χ0) is 17.6. The van der Waals surface area contributed by atoms with Crippen LogP contribution >= 0.6 is 0 Å². The van der Waals surface area contributed by atoms with E-state index >= 15 is 0 Å². The lowest BCUT2D eigenvalue weighted by Crippen LogP contribution is -2.19. The van der Waals surface area contributed by atoms with Crippen molar-refractivity contribution in [1.29, 1.82) is 0 Å². The van der Waals surface area contributed by atoms with Gasteiger partial charge in [-0.1, -0.05) is 49.4 Å². The molecule has 1 aromatic heterocycles. The highest BCUT2D eigenvalue weighted by molar-refractivity contribution is 5.58. The maximum Gasteiger partial charge on any atom is 0.227 e. The summed E-state index contributed by atoms with van der Waals surface area (Å²) in [5.74, 6) is 1.53. The summed E-state index contributed by atoms with van der Waals surface area (Å²) in [6, 6.07) is 20.8. The van der Waals surface area contributed by atoms with E-state index in [0.717, 1.165) is 36.1 Å². The predicted octanol–water partition coefficient (Wildman–Crippen LogP) is 4.73. The van der Waals surface area contributed by atoms with Crippen molar-refractivity contribution >= 4 is 17.5 Å². The third-order valence-electron chi connectivity index (χ3n) is 4.08. The van der Waals surface area contributed by atoms with Gasteiger partial charge in [0.1, 0.15) is 5.82 Å². The fourth-order valence-corrected chi connectivity index (χ4v) is 2.69. The summed E-state index contributed by atoms with van der Waals surface area (Å²) in [6.07, 6.45) is 1.04. The molecular weight excluding hydrogens is 308 g/mol. The molecule has 0 aliphatic carbocycles. The number of hydrogen-bond donors (Lipinski definition) is 1. The van der Waals surface area contributed by atoms with Crippen molar-refractivity contribution in [3.05, 3.63) is 77.5 Å². The maximum absolute atomic E-state index is 4.67. The summed E-state index contributed by atoms with van der Waals surface area (Å²) in [5, 5.41) is 3.38. The summed E-state index contributed by atoms with van der Waals surface area (Å²) in [7, 11) is 2.02. The Kier molecular flexibility index (Phi) is 5.29. The minimum atomic E-state index is 0.719. The molecule has 0 atom stereocenters. The molecule has 0 fully saturated rings. The molecule has 0 aliphatic rings. The van der Waals surface area contributed by atoms with E-state index in [1.54, 1.807) is 0 Å². The van der Waals surface area contributed by atoms with Gasteiger partial charge in [-0.2, -0.15) is 4.98 Å². The number of hydrogen-bond acceptors (Lipinski definition) is 4. The van der Waals surface area contributed by atoms with E-state index < -0.39 is 0 Å². The largest absolute Gasteiger partial charge is 0.340 e. The lowest BCUT2D eigenvalue weighted by Gasteiger charge is -2.18. The van der Waals surface area contributed by atoms with Crippen molar-refractivity contribution in [2.75, 3.05) is 17.3 Å². The van der Waals surface area contributed by atoms with Crippen LogP contribution in [0.15, 0.2) is 60.7 Å². The number of benzene rings is 2. The SMILES string of the molecule is CCc1ccc(Nc2cc(C)nc(N(C)Cc3ccccc3)n2)cc1. The number of anilines is 3. The highest BCUT2D eigenvalue weighted by Gasteiger charge is 2.08. The first-order valence-electron chi connectivity index (χ1n) is 8.61. The van der Waals surface area contributed by atoms with Gasteiger partial charge in [0, 0.05) is 31.0 Å². The lowest BCUT2D eigenvalue weighted by molar-refractivity contribution is 0.861. The average molecular weight is 332 g/mol. The van der Waals surface area contributed by atoms with E-state index in [4.69, 9.17) is 0 Å². The Morgan fingerprint density at radius 3 is 2.32 bits per heavy atom. The molecular formula is C21H24N4. The monoisotopic (exact) mass is 332 g/mol. The van der Waals surface area contributed by atoms with E-state index in [-0.39, 0.29) is 0 Å². The average Bonchev–Trinajstić information content (AvgIpc) is 2.63. The van der Waals surface area contributed by atoms with Gasteiger partial charge in [-0.25, -0.2) is 4.98 Å². The van der Waals surface area contributed by atoms with Gasteiger partial charge in [0.05, 0.1) is 0 Å². The summed E-state index contributed by atoms with van der Waals surface area (Å²) >= 11 is 0. The van der Waals surface area contributed by atoms with Crippen LogP contribution in [0.5, 0.6) is 0 Å². The predicted molar refractivity (Wildman–Crippen MR) is 104 cm³/mol. The van der Waals surface area contributed by atoms with Crippen molar-refractivity contribution < 1.29 is 0 Å². The molecule has 0 spiro atoms. The Labute approximate surface area is 149 Å². The molecule has 0 amide bonds. The molecule has 1 N–H and O–H groups in total. The van der Waals surface area contributed by atoms with Crippen molar-refractivity contribution in [3.8, 4) is 0 Å². The van der Waals surface area contributed by atoms with E-state index in [1.807, 2.05) is 38.2 Å². The molecule has 0 aliphatic heterocycles. The molecule has 25 heavy (non-hydrogen) atoms. The highest BCUT2D eigenvalue weighted by Crippen LogP contribution is 2.19. The van der Waals surface area contributed by atoms with Crippen molar-refractivity contribution in [1.82, 2.24) is 9.97 Å². The number of aromatic nitrogens is 2. The minimum Gasteiger partial charge on any atom is -0.340 e. The van der Waals surface area contributed by atoms with E-state index in [9.17, 15) is 0 Å². The Morgan fingerprint density at radius 2 is 1.64 bits per heavy atom. The third-order valence-corrected chi connectivity index (χ3v) is 4.08. The van der Waals surface area contributed by atoms with Crippen LogP contribution < -0.4 is 10.2 Å². The number of aryl methyl sites for hydroxylation is 2. The summed E-state index contributed by atoms with van der Waals surface area (Å²) in [5.41, 5.74) is 4.54. The standard InChI is InChI=1S/C21H24N4/c1-4-17-10-12-19(13-11-17)23-20-14-16(2)22-21(24-20)25(3)15-18-8-6-5-7-9-18/h5-14H,4,15H2,1-3H3,(H,22,23,24). The van der Waals surface area contributed by atoms with Crippen LogP contribution in [0.3, 0.4) is 0 Å². The fraction of sp³-hybridized carbons (Fsp3) is 0.238. The molecule has 3 rings (SSSR count). The molecule has 0 unspecified atom stereocenters. The van der Waals surface area contributed by atoms with Gasteiger partial charge in [-0.15, -0.1) is 0 Å². The van der Waals surface area contributed by atoms with Gasteiger partial charge in [0.25, 0.3) is 0 Å². The second kappa shape index (κ2) is 7.79. The zero-order valence-corrected chi connectivity index (χ0v) is 15.0. The van der Waals surface area contributed by atoms with Crippen LogP contribution in [0.1, 0.15) is 23.7 Å². The molecule has 0 bridgehead atoms. The van der Waals surface area contributed by atoms with Gasteiger partial charge in [-0.3, -0.25) is 0 Å². The molecule has 2 aromatic carbocycles. The van der Waals surface area contributed by atoms with Gasteiger partial charge >= 0.3 is 0 Å². The number of nitrogens with zero attached hydrogens (tertiary/aromatic N) is 3. The molecule has 0 radical (unpaired) electrons. The van der Waals surface area contributed by atoms with Gasteiger partial charge < -0.3 is 10.2 Å². The van der Waals surface area contributed by atoms with Crippen LogP contribution in [-0.4, -0.2) is 17.0 Å². The maximum atomic E-state index is 4.67. The van der Waals surface area contributed by atoms with Crippen LogP contribution in [-0.2, 0) is 13.0 Å². The molecule has 128 valence electrons. The zero-order valence-electron chi connectivity index (χ0n) is 15.0. The summed E-state index contributed by atoms with van der Waals surface area (Å²) in [6.45, 7) is 4.92. The first-order chi connectivity index (χ1) is 12.1. The topological polar surface area (TPSA) is 41.1 Å². The Hall–Kier alpha value is -2.88. The van der Waals surface area contributed by atoms with Gasteiger partial charge in [-0.05, 0) is 36.6 Å². The van der Waals surface area contributed by atoms with Gasteiger partial charge in [0.2, 0.25) is 5.95 Å². The first-order valence-corrected chi connectivity index (χ1v) is 8.61. The fourth-order valence-electron chi connectivity index (χ4n) is 2.69. The Bertz CT molecular complexity index is 813. The Balaban J connectivity index is 1.77. The van der Waals surface area contributed by atoms with Crippen LogP contribution in [0.4, 0.5) is 17.5 Å². The molecule has 1 heterocycles. The van der Waals surface area contributed by atoms with E-state index in [0.29, 0.717) is 0 Å². The van der Waals surface area contributed by atoms with Crippen LogP contribution in [0.25, 0.3) is 0 Å². The quantitative estimate of drug-likeness (QED) is 0.708.